The first-order valence-corrected chi connectivity index (χ1v) is 6.57. The quantitative estimate of drug-likeness (QED) is 0.886. The van der Waals surface area contributed by atoms with Crippen LogP contribution in [-0.4, -0.2) is 49.4 Å². The molecule has 0 amide bonds. The third-order valence-corrected chi connectivity index (χ3v) is 3.19. The fourth-order valence-electron chi connectivity index (χ4n) is 2.17. The van der Waals surface area contributed by atoms with Crippen molar-refractivity contribution in [2.45, 2.75) is 32.6 Å². The zero-order valence-corrected chi connectivity index (χ0v) is 12.0. The first-order chi connectivity index (χ1) is 9.13. The van der Waals surface area contributed by atoms with Crippen LogP contribution in [0.5, 0.6) is 0 Å². The highest BCUT2D eigenvalue weighted by atomic mass is 16.5. The number of morpholine rings is 1. The Labute approximate surface area is 114 Å². The minimum atomic E-state index is 0.218. The molecule has 2 rings (SSSR count). The number of methoxy groups -OCH3 is 1. The van der Waals surface area contributed by atoms with Crippen molar-refractivity contribution in [3.63, 3.8) is 0 Å². The number of hydrogen-bond acceptors (Lipinski definition) is 6. The standard InChI is InChI=1S/C13H22N4O2/c1-9-7-19-10(2)6-17(9)13-5-11(14-3)15-12(16-13)8-18-4/h5,9-10H,6-8H2,1-4H3,(H,14,15,16). The summed E-state index contributed by atoms with van der Waals surface area (Å²) >= 11 is 0. The summed E-state index contributed by atoms with van der Waals surface area (Å²) in [6.07, 6.45) is 0.218. The van der Waals surface area contributed by atoms with Gasteiger partial charge in [-0.2, -0.15) is 0 Å². The Balaban J connectivity index is 2.28. The molecular weight excluding hydrogens is 244 g/mol. The van der Waals surface area contributed by atoms with Gasteiger partial charge in [0.2, 0.25) is 0 Å². The number of nitrogens with one attached hydrogen (secondary N) is 1. The van der Waals surface area contributed by atoms with Crippen LogP contribution in [0.4, 0.5) is 11.6 Å². The molecule has 0 radical (unpaired) electrons. The monoisotopic (exact) mass is 266 g/mol. The summed E-state index contributed by atoms with van der Waals surface area (Å²) in [6.45, 7) is 6.20. The van der Waals surface area contributed by atoms with Crippen molar-refractivity contribution in [3.05, 3.63) is 11.9 Å². The number of anilines is 2. The van der Waals surface area contributed by atoms with Gasteiger partial charge in [0.15, 0.2) is 5.82 Å². The van der Waals surface area contributed by atoms with E-state index in [0.717, 1.165) is 24.8 Å². The second kappa shape index (κ2) is 6.16. The van der Waals surface area contributed by atoms with E-state index in [-0.39, 0.29) is 6.10 Å². The maximum Gasteiger partial charge on any atom is 0.158 e. The summed E-state index contributed by atoms with van der Waals surface area (Å²) < 4.78 is 10.8. The lowest BCUT2D eigenvalue weighted by Gasteiger charge is -2.37. The molecule has 0 aromatic carbocycles. The molecule has 0 saturated carbocycles. The Kier molecular flexibility index (Phi) is 4.55. The highest BCUT2D eigenvalue weighted by molar-refractivity contribution is 5.50. The summed E-state index contributed by atoms with van der Waals surface area (Å²) in [5.74, 6) is 2.42. The highest BCUT2D eigenvalue weighted by Gasteiger charge is 2.25. The van der Waals surface area contributed by atoms with E-state index >= 15 is 0 Å². The van der Waals surface area contributed by atoms with E-state index in [1.165, 1.54) is 0 Å². The van der Waals surface area contributed by atoms with Gasteiger partial charge in [0.05, 0.1) is 18.8 Å². The van der Waals surface area contributed by atoms with Crippen LogP contribution in [0, 0.1) is 0 Å². The van der Waals surface area contributed by atoms with E-state index in [4.69, 9.17) is 9.47 Å². The predicted octanol–water partition coefficient (Wildman–Crippen LogP) is 1.28. The molecule has 0 bridgehead atoms. The number of nitrogens with zero attached hydrogens (tertiary/aromatic N) is 3. The predicted molar refractivity (Wildman–Crippen MR) is 74.5 cm³/mol. The molecule has 1 fully saturated rings. The molecule has 0 spiro atoms. The fraction of sp³-hybridized carbons (Fsp3) is 0.692. The van der Waals surface area contributed by atoms with Crippen molar-refractivity contribution in [1.29, 1.82) is 0 Å². The van der Waals surface area contributed by atoms with Crippen molar-refractivity contribution in [1.82, 2.24) is 9.97 Å². The average molecular weight is 266 g/mol. The third-order valence-electron chi connectivity index (χ3n) is 3.19. The van der Waals surface area contributed by atoms with E-state index < -0.39 is 0 Å². The van der Waals surface area contributed by atoms with Crippen LogP contribution >= 0.6 is 0 Å². The average Bonchev–Trinajstić information content (AvgIpc) is 2.41. The van der Waals surface area contributed by atoms with Gasteiger partial charge in [-0.3, -0.25) is 0 Å². The smallest absolute Gasteiger partial charge is 0.158 e. The van der Waals surface area contributed by atoms with Gasteiger partial charge in [-0.15, -0.1) is 0 Å². The molecule has 2 unspecified atom stereocenters. The lowest BCUT2D eigenvalue weighted by molar-refractivity contribution is 0.0340. The molecule has 1 aromatic rings. The van der Waals surface area contributed by atoms with Crippen molar-refractivity contribution >= 4 is 11.6 Å². The molecule has 0 aliphatic carbocycles. The molecule has 1 aromatic heterocycles. The van der Waals surface area contributed by atoms with E-state index in [2.05, 4.69) is 34.0 Å². The number of hydrogen-bond donors (Lipinski definition) is 1. The van der Waals surface area contributed by atoms with Gasteiger partial charge in [0.1, 0.15) is 18.2 Å². The zero-order valence-electron chi connectivity index (χ0n) is 12.0. The molecule has 2 heterocycles. The Morgan fingerprint density at radius 3 is 2.95 bits per heavy atom. The Morgan fingerprint density at radius 1 is 1.47 bits per heavy atom. The van der Waals surface area contributed by atoms with Crippen molar-refractivity contribution in [2.24, 2.45) is 0 Å². The van der Waals surface area contributed by atoms with Crippen LogP contribution in [0.3, 0.4) is 0 Å². The highest BCUT2D eigenvalue weighted by Crippen LogP contribution is 2.22. The van der Waals surface area contributed by atoms with Crippen LogP contribution in [-0.2, 0) is 16.1 Å². The summed E-state index contributed by atoms with van der Waals surface area (Å²) in [5, 5.41) is 3.07. The van der Waals surface area contributed by atoms with Crippen LogP contribution in [0.15, 0.2) is 6.07 Å². The molecule has 1 aliphatic heterocycles. The summed E-state index contributed by atoms with van der Waals surface area (Å²) in [4.78, 5) is 11.2. The molecule has 6 nitrogen and oxygen atoms in total. The summed E-state index contributed by atoms with van der Waals surface area (Å²) in [6, 6.07) is 2.28. The molecule has 1 N–H and O–H groups in total. The molecule has 1 saturated heterocycles. The topological polar surface area (TPSA) is 59.5 Å². The van der Waals surface area contributed by atoms with Crippen LogP contribution < -0.4 is 10.2 Å². The molecule has 2 atom stereocenters. The fourth-order valence-corrected chi connectivity index (χ4v) is 2.17. The zero-order chi connectivity index (χ0) is 13.8. The summed E-state index contributed by atoms with van der Waals surface area (Å²) in [5.41, 5.74) is 0. The molecule has 19 heavy (non-hydrogen) atoms. The van der Waals surface area contributed by atoms with Crippen molar-refractivity contribution in [3.8, 4) is 0 Å². The van der Waals surface area contributed by atoms with Gasteiger partial charge in [-0.1, -0.05) is 0 Å². The molecule has 1 aliphatic rings. The van der Waals surface area contributed by atoms with Gasteiger partial charge in [0, 0.05) is 26.8 Å². The van der Waals surface area contributed by atoms with Crippen molar-refractivity contribution < 1.29 is 9.47 Å². The van der Waals surface area contributed by atoms with E-state index in [0.29, 0.717) is 18.5 Å². The lowest BCUT2D eigenvalue weighted by atomic mass is 10.2. The first-order valence-electron chi connectivity index (χ1n) is 6.57. The number of rotatable bonds is 4. The number of aromatic nitrogens is 2. The normalized spacial score (nSPS) is 23.5. The van der Waals surface area contributed by atoms with Gasteiger partial charge >= 0.3 is 0 Å². The van der Waals surface area contributed by atoms with Crippen molar-refractivity contribution in [2.75, 3.05) is 37.5 Å². The van der Waals surface area contributed by atoms with Crippen LogP contribution in [0.25, 0.3) is 0 Å². The molecule has 6 heteroatoms. The lowest BCUT2D eigenvalue weighted by Crippen LogP contribution is -2.47. The van der Waals surface area contributed by atoms with Crippen LogP contribution in [0.1, 0.15) is 19.7 Å². The number of ether oxygens (including phenoxy) is 2. The van der Waals surface area contributed by atoms with E-state index in [1.54, 1.807) is 7.11 Å². The minimum Gasteiger partial charge on any atom is -0.377 e. The van der Waals surface area contributed by atoms with E-state index in [9.17, 15) is 0 Å². The van der Waals surface area contributed by atoms with Gasteiger partial charge < -0.3 is 19.7 Å². The molecule has 106 valence electrons. The van der Waals surface area contributed by atoms with E-state index in [1.807, 2.05) is 13.1 Å². The molecular formula is C13H22N4O2. The minimum absolute atomic E-state index is 0.218. The van der Waals surface area contributed by atoms with Crippen LogP contribution in [0.2, 0.25) is 0 Å². The Morgan fingerprint density at radius 2 is 2.26 bits per heavy atom. The maximum atomic E-state index is 5.65. The third kappa shape index (κ3) is 3.33. The SMILES string of the molecule is CNc1cc(N2CC(C)OCC2C)nc(COC)n1. The first kappa shape index (κ1) is 14.0. The second-order valence-electron chi connectivity index (χ2n) is 4.86. The summed E-state index contributed by atoms with van der Waals surface area (Å²) in [7, 11) is 3.50. The maximum absolute atomic E-state index is 5.65. The largest absolute Gasteiger partial charge is 0.377 e. The van der Waals surface area contributed by atoms with Gasteiger partial charge in [0.25, 0.3) is 0 Å². The Bertz CT molecular complexity index is 427. The van der Waals surface area contributed by atoms with Gasteiger partial charge in [-0.25, -0.2) is 9.97 Å². The van der Waals surface area contributed by atoms with Gasteiger partial charge in [-0.05, 0) is 13.8 Å². The second-order valence-corrected chi connectivity index (χ2v) is 4.86. The Hall–Kier alpha value is -1.40.